The number of nitrogens with one attached hydrogen (secondary N) is 1. The first-order valence-electron chi connectivity index (χ1n) is 12.9. The van der Waals surface area contributed by atoms with Gasteiger partial charge in [0.25, 0.3) is 0 Å². The summed E-state index contributed by atoms with van der Waals surface area (Å²) in [7, 11) is 2.04. The second-order valence-corrected chi connectivity index (χ2v) is 10.00. The minimum absolute atomic E-state index is 0.835. The fourth-order valence-electron chi connectivity index (χ4n) is 4.59. The Bertz CT molecular complexity index is 395. The van der Waals surface area contributed by atoms with Gasteiger partial charge in [-0.2, -0.15) is 0 Å². The highest BCUT2D eigenvalue weighted by Gasteiger charge is 2.13. The van der Waals surface area contributed by atoms with E-state index >= 15 is 0 Å². The Hall–Kier alpha value is -0.560. The van der Waals surface area contributed by atoms with Gasteiger partial charge >= 0.3 is 0 Å². The number of allylic oxidation sites excluding steroid dienone is 2. The predicted molar refractivity (Wildman–Crippen MR) is 135 cm³/mol. The molecule has 2 unspecified atom stereocenters. The van der Waals surface area contributed by atoms with Crippen LogP contribution in [0.15, 0.2) is 24.3 Å². The summed E-state index contributed by atoms with van der Waals surface area (Å²) in [5.41, 5.74) is 2.98. The van der Waals surface area contributed by atoms with Crippen LogP contribution in [0.1, 0.15) is 124 Å². The molecule has 0 fully saturated rings. The maximum atomic E-state index is 4.47. The second kappa shape index (κ2) is 19.4. The van der Waals surface area contributed by atoms with Gasteiger partial charge in [0.1, 0.15) is 0 Å². The summed E-state index contributed by atoms with van der Waals surface area (Å²) in [6.07, 6.45) is 19.7. The van der Waals surface area contributed by atoms with Crippen LogP contribution in [-0.4, -0.2) is 13.6 Å². The molecule has 0 aliphatic heterocycles. The van der Waals surface area contributed by atoms with Crippen LogP contribution in [0.25, 0.3) is 0 Å². The lowest BCUT2D eigenvalue weighted by atomic mass is 9.86. The highest BCUT2D eigenvalue weighted by molar-refractivity contribution is 4.98. The van der Waals surface area contributed by atoms with Crippen LogP contribution in [0.4, 0.5) is 0 Å². The summed E-state index contributed by atoms with van der Waals surface area (Å²) in [6, 6.07) is 0. The fourth-order valence-corrected chi connectivity index (χ4v) is 4.59. The lowest BCUT2D eigenvalue weighted by Crippen LogP contribution is -2.08. The van der Waals surface area contributed by atoms with Crippen LogP contribution < -0.4 is 5.32 Å². The lowest BCUT2D eigenvalue weighted by Gasteiger charge is -2.20. The summed E-state index contributed by atoms with van der Waals surface area (Å²) >= 11 is 0. The largest absolute Gasteiger partial charge is 0.320 e. The van der Waals surface area contributed by atoms with Crippen molar-refractivity contribution in [3.05, 3.63) is 24.3 Å². The monoisotopic (exact) mass is 405 g/mol. The van der Waals surface area contributed by atoms with Crippen molar-refractivity contribution in [2.75, 3.05) is 13.6 Å². The minimum atomic E-state index is 0.835. The first kappa shape index (κ1) is 28.4. The number of rotatable bonds is 21. The molecule has 29 heavy (non-hydrogen) atoms. The van der Waals surface area contributed by atoms with Crippen LogP contribution in [0.5, 0.6) is 0 Å². The van der Waals surface area contributed by atoms with Gasteiger partial charge in [-0.05, 0) is 76.3 Å². The molecule has 0 amide bonds. The Morgan fingerprint density at radius 2 is 1.24 bits per heavy atom. The average Bonchev–Trinajstić information content (AvgIpc) is 2.66. The van der Waals surface area contributed by atoms with Gasteiger partial charge in [0, 0.05) is 0 Å². The molecule has 1 nitrogen and oxygen atoms in total. The summed E-state index contributed by atoms with van der Waals surface area (Å²) in [6.45, 7) is 19.3. The average molecular weight is 406 g/mol. The minimum Gasteiger partial charge on any atom is -0.320 e. The van der Waals surface area contributed by atoms with E-state index in [4.69, 9.17) is 0 Å². The molecule has 0 saturated carbocycles. The van der Waals surface area contributed by atoms with Crippen molar-refractivity contribution in [1.82, 2.24) is 5.32 Å². The van der Waals surface area contributed by atoms with Gasteiger partial charge in [-0.15, -0.1) is 0 Å². The number of unbranched alkanes of at least 4 members (excludes halogenated alkanes) is 1. The zero-order chi connectivity index (χ0) is 21.9. The smallest absolute Gasteiger partial charge is 0.00489 e. The molecule has 0 aromatic heterocycles. The van der Waals surface area contributed by atoms with Crippen LogP contribution in [0.3, 0.4) is 0 Å². The van der Waals surface area contributed by atoms with E-state index in [1.54, 1.807) is 0 Å². The van der Waals surface area contributed by atoms with Crippen molar-refractivity contribution >= 4 is 0 Å². The summed E-state index contributed by atoms with van der Waals surface area (Å²) in [5.74, 6) is 2.55. The van der Waals surface area contributed by atoms with E-state index < -0.39 is 0 Å². The predicted octanol–water partition coefficient (Wildman–Crippen LogP) is 9.10. The highest BCUT2D eigenvalue weighted by Crippen LogP contribution is 2.29. The van der Waals surface area contributed by atoms with Crippen LogP contribution in [-0.2, 0) is 0 Å². The van der Waals surface area contributed by atoms with Gasteiger partial charge in [-0.3, -0.25) is 0 Å². The Balaban J connectivity index is 4.28. The zero-order valence-corrected chi connectivity index (χ0v) is 21.0. The lowest BCUT2D eigenvalue weighted by molar-refractivity contribution is 0.390. The van der Waals surface area contributed by atoms with E-state index in [0.29, 0.717) is 0 Å². The molecule has 172 valence electrons. The maximum absolute atomic E-state index is 4.47. The van der Waals surface area contributed by atoms with Crippen molar-refractivity contribution in [1.29, 1.82) is 0 Å². The van der Waals surface area contributed by atoms with Gasteiger partial charge in [0.15, 0.2) is 0 Å². The first-order valence-corrected chi connectivity index (χ1v) is 12.9. The van der Waals surface area contributed by atoms with Gasteiger partial charge in [0.05, 0.1) is 0 Å². The van der Waals surface area contributed by atoms with Crippen molar-refractivity contribution in [3.8, 4) is 0 Å². The molecule has 1 heteroatoms. The van der Waals surface area contributed by atoms with E-state index in [0.717, 1.165) is 24.3 Å². The molecule has 0 aliphatic carbocycles. The van der Waals surface area contributed by atoms with E-state index in [9.17, 15) is 0 Å². The third kappa shape index (κ3) is 18.0. The van der Waals surface area contributed by atoms with E-state index in [-0.39, 0.29) is 0 Å². The van der Waals surface area contributed by atoms with Crippen molar-refractivity contribution in [2.24, 2.45) is 17.8 Å². The third-order valence-corrected chi connectivity index (χ3v) is 6.31. The number of hydrogen-bond donors (Lipinski definition) is 1. The van der Waals surface area contributed by atoms with Crippen LogP contribution in [0, 0.1) is 17.8 Å². The molecular weight excluding hydrogens is 350 g/mol. The number of hydrogen-bond acceptors (Lipinski definition) is 1. The molecule has 0 rings (SSSR count). The Morgan fingerprint density at radius 1 is 0.690 bits per heavy atom. The zero-order valence-electron chi connectivity index (χ0n) is 21.0. The topological polar surface area (TPSA) is 12.0 Å². The standard InChI is InChI=1S/C28H55N/c1-8-10-18-28(23-26(6)17-13-21-29-7)20-12-16-25(5)22-27(14-9-2)19-11-15-24(3)4/h24,27-29H,5-6,8-23H2,1-4,7H3. The molecule has 2 atom stereocenters. The maximum Gasteiger partial charge on any atom is -0.00489 e. The van der Waals surface area contributed by atoms with E-state index in [1.165, 1.54) is 107 Å². The molecule has 0 aliphatic rings. The first-order chi connectivity index (χ1) is 13.9. The molecular formula is C28H55N. The SMILES string of the molecule is C=C(CCCC(CCCC)CC(=C)CCCNC)CC(CCC)CCCC(C)C. The van der Waals surface area contributed by atoms with Gasteiger partial charge in [-0.1, -0.05) is 103 Å². The Kier molecular flexibility index (Phi) is 19.0. The second-order valence-electron chi connectivity index (χ2n) is 10.00. The summed E-state index contributed by atoms with van der Waals surface area (Å²) < 4.78 is 0. The highest BCUT2D eigenvalue weighted by atomic mass is 14.8. The van der Waals surface area contributed by atoms with E-state index in [1.807, 2.05) is 7.05 Å². The quantitative estimate of drug-likeness (QED) is 0.148. The molecule has 0 radical (unpaired) electrons. The van der Waals surface area contributed by atoms with Gasteiger partial charge in [-0.25, -0.2) is 0 Å². The van der Waals surface area contributed by atoms with Gasteiger partial charge in [0.2, 0.25) is 0 Å². The molecule has 0 aromatic rings. The van der Waals surface area contributed by atoms with Crippen molar-refractivity contribution in [3.63, 3.8) is 0 Å². The van der Waals surface area contributed by atoms with Gasteiger partial charge < -0.3 is 5.32 Å². The Labute approximate surface area is 185 Å². The Morgan fingerprint density at radius 3 is 1.79 bits per heavy atom. The van der Waals surface area contributed by atoms with Crippen LogP contribution >= 0.6 is 0 Å². The molecule has 0 heterocycles. The van der Waals surface area contributed by atoms with E-state index in [2.05, 4.69) is 46.2 Å². The molecule has 0 spiro atoms. The fraction of sp³-hybridized carbons (Fsp3) is 0.857. The normalized spacial score (nSPS) is 13.6. The summed E-state index contributed by atoms with van der Waals surface area (Å²) in [5, 5.41) is 3.25. The third-order valence-electron chi connectivity index (χ3n) is 6.31. The molecule has 0 bridgehead atoms. The van der Waals surface area contributed by atoms with Crippen LogP contribution in [0.2, 0.25) is 0 Å². The van der Waals surface area contributed by atoms with Crippen molar-refractivity contribution < 1.29 is 0 Å². The molecule has 0 aromatic carbocycles. The summed E-state index contributed by atoms with van der Waals surface area (Å²) in [4.78, 5) is 0. The molecule has 1 N–H and O–H groups in total. The molecule has 0 saturated heterocycles. The van der Waals surface area contributed by atoms with Crippen molar-refractivity contribution in [2.45, 2.75) is 124 Å².